The summed E-state index contributed by atoms with van der Waals surface area (Å²) in [6.07, 6.45) is 7.79. The zero-order chi connectivity index (χ0) is 15.2. The summed E-state index contributed by atoms with van der Waals surface area (Å²) in [5.41, 5.74) is 7.37. The van der Waals surface area contributed by atoms with Gasteiger partial charge in [0.1, 0.15) is 5.82 Å². The van der Waals surface area contributed by atoms with Gasteiger partial charge in [0.05, 0.1) is 0 Å². The SMILES string of the molecule is CCCc1cc(C(=O)NC2CCCCC2CC)cc(N)n1. The van der Waals surface area contributed by atoms with Crippen LogP contribution in [0.5, 0.6) is 0 Å². The smallest absolute Gasteiger partial charge is 0.251 e. The molecule has 1 aromatic rings. The third kappa shape index (κ3) is 4.19. The zero-order valence-corrected chi connectivity index (χ0v) is 13.2. The lowest BCUT2D eigenvalue weighted by atomic mass is 9.83. The molecule has 0 spiro atoms. The summed E-state index contributed by atoms with van der Waals surface area (Å²) in [6, 6.07) is 3.86. The summed E-state index contributed by atoms with van der Waals surface area (Å²) in [7, 11) is 0. The number of pyridine rings is 1. The van der Waals surface area contributed by atoms with Crippen LogP contribution in [0.15, 0.2) is 12.1 Å². The van der Waals surface area contributed by atoms with E-state index in [0.29, 0.717) is 23.3 Å². The first-order chi connectivity index (χ1) is 10.1. The molecule has 2 unspecified atom stereocenters. The Kier molecular flexibility index (Phi) is 5.59. The number of rotatable bonds is 5. The number of aromatic nitrogens is 1. The lowest BCUT2D eigenvalue weighted by Crippen LogP contribution is -2.42. The highest BCUT2D eigenvalue weighted by atomic mass is 16.1. The molecule has 0 bridgehead atoms. The summed E-state index contributed by atoms with van der Waals surface area (Å²) in [4.78, 5) is 16.8. The second-order valence-electron chi connectivity index (χ2n) is 6.05. The molecule has 1 aliphatic carbocycles. The van der Waals surface area contributed by atoms with Crippen molar-refractivity contribution in [3.8, 4) is 0 Å². The normalized spacial score (nSPS) is 22.0. The Bertz CT molecular complexity index is 487. The largest absolute Gasteiger partial charge is 0.384 e. The average molecular weight is 289 g/mol. The molecule has 1 heterocycles. The molecule has 3 N–H and O–H groups in total. The fraction of sp³-hybridized carbons (Fsp3) is 0.647. The van der Waals surface area contributed by atoms with Crippen molar-refractivity contribution in [2.75, 3.05) is 5.73 Å². The number of carbonyl (C=O) groups excluding carboxylic acids is 1. The molecule has 1 amide bonds. The van der Waals surface area contributed by atoms with E-state index >= 15 is 0 Å². The van der Waals surface area contributed by atoms with Crippen LogP contribution in [0.3, 0.4) is 0 Å². The van der Waals surface area contributed by atoms with Crippen LogP contribution in [-0.4, -0.2) is 16.9 Å². The molecule has 4 nitrogen and oxygen atoms in total. The van der Waals surface area contributed by atoms with Gasteiger partial charge in [0.2, 0.25) is 0 Å². The van der Waals surface area contributed by atoms with E-state index in [2.05, 4.69) is 24.1 Å². The molecule has 2 rings (SSSR count). The van der Waals surface area contributed by atoms with Crippen LogP contribution >= 0.6 is 0 Å². The number of amides is 1. The molecule has 4 heteroatoms. The van der Waals surface area contributed by atoms with Crippen LogP contribution in [0, 0.1) is 5.92 Å². The second-order valence-corrected chi connectivity index (χ2v) is 6.05. The maximum Gasteiger partial charge on any atom is 0.251 e. The first-order valence-electron chi connectivity index (χ1n) is 8.21. The van der Waals surface area contributed by atoms with E-state index in [1.807, 2.05) is 6.07 Å². The first-order valence-corrected chi connectivity index (χ1v) is 8.21. The zero-order valence-electron chi connectivity index (χ0n) is 13.2. The minimum Gasteiger partial charge on any atom is -0.384 e. The third-order valence-electron chi connectivity index (χ3n) is 4.42. The fourth-order valence-corrected chi connectivity index (χ4v) is 3.26. The Morgan fingerprint density at radius 2 is 2.10 bits per heavy atom. The van der Waals surface area contributed by atoms with Crippen LogP contribution in [0.25, 0.3) is 0 Å². The summed E-state index contributed by atoms with van der Waals surface area (Å²) < 4.78 is 0. The van der Waals surface area contributed by atoms with Gasteiger partial charge in [-0.2, -0.15) is 0 Å². The van der Waals surface area contributed by atoms with Gasteiger partial charge in [0, 0.05) is 17.3 Å². The van der Waals surface area contributed by atoms with E-state index in [1.165, 1.54) is 19.3 Å². The van der Waals surface area contributed by atoms with Crippen molar-refractivity contribution >= 4 is 11.7 Å². The van der Waals surface area contributed by atoms with E-state index in [4.69, 9.17) is 5.73 Å². The molecule has 2 atom stereocenters. The van der Waals surface area contributed by atoms with Crippen molar-refractivity contribution in [1.29, 1.82) is 0 Å². The quantitative estimate of drug-likeness (QED) is 0.873. The molecule has 1 fully saturated rings. The lowest BCUT2D eigenvalue weighted by Gasteiger charge is -2.31. The molecule has 1 aromatic heterocycles. The minimum absolute atomic E-state index is 0.00759. The van der Waals surface area contributed by atoms with E-state index in [-0.39, 0.29) is 5.91 Å². The van der Waals surface area contributed by atoms with E-state index in [0.717, 1.165) is 31.4 Å². The lowest BCUT2D eigenvalue weighted by molar-refractivity contribution is 0.0904. The van der Waals surface area contributed by atoms with Crippen molar-refractivity contribution in [1.82, 2.24) is 10.3 Å². The number of nitrogens with two attached hydrogens (primary N) is 1. The molecule has 0 aromatic carbocycles. The van der Waals surface area contributed by atoms with Gasteiger partial charge in [-0.15, -0.1) is 0 Å². The van der Waals surface area contributed by atoms with Gasteiger partial charge in [0.25, 0.3) is 5.91 Å². The van der Waals surface area contributed by atoms with Gasteiger partial charge in [0.15, 0.2) is 0 Å². The number of hydrogen-bond donors (Lipinski definition) is 2. The van der Waals surface area contributed by atoms with E-state index in [1.54, 1.807) is 6.07 Å². The maximum atomic E-state index is 12.5. The van der Waals surface area contributed by atoms with Crippen molar-refractivity contribution in [2.45, 2.75) is 64.8 Å². The van der Waals surface area contributed by atoms with Crippen molar-refractivity contribution in [2.24, 2.45) is 5.92 Å². The summed E-state index contributed by atoms with van der Waals surface area (Å²) in [5, 5.41) is 3.21. The fourth-order valence-electron chi connectivity index (χ4n) is 3.26. The topological polar surface area (TPSA) is 68.0 Å². The molecular formula is C17H27N3O. The molecular weight excluding hydrogens is 262 g/mol. The standard InChI is InChI=1S/C17H27N3O/c1-3-7-14-10-13(11-16(18)19-14)17(21)20-15-9-6-5-8-12(15)4-2/h10-12,15H,3-9H2,1-2H3,(H2,18,19)(H,20,21). The Hall–Kier alpha value is -1.58. The number of aryl methyl sites for hydroxylation is 1. The molecule has 1 aliphatic rings. The predicted molar refractivity (Wildman–Crippen MR) is 86.1 cm³/mol. The summed E-state index contributed by atoms with van der Waals surface area (Å²) in [5.74, 6) is 1.03. The number of anilines is 1. The summed E-state index contributed by atoms with van der Waals surface area (Å²) in [6.45, 7) is 4.30. The number of nitrogens with zero attached hydrogens (tertiary/aromatic N) is 1. The molecule has 0 saturated heterocycles. The van der Waals surface area contributed by atoms with Gasteiger partial charge >= 0.3 is 0 Å². The van der Waals surface area contributed by atoms with Gasteiger partial charge in [-0.1, -0.05) is 39.5 Å². The Morgan fingerprint density at radius 3 is 2.81 bits per heavy atom. The summed E-state index contributed by atoms with van der Waals surface area (Å²) >= 11 is 0. The Balaban J connectivity index is 2.08. The molecule has 21 heavy (non-hydrogen) atoms. The van der Waals surface area contributed by atoms with Gasteiger partial charge in [-0.25, -0.2) is 4.98 Å². The highest BCUT2D eigenvalue weighted by Gasteiger charge is 2.25. The Morgan fingerprint density at radius 1 is 1.33 bits per heavy atom. The van der Waals surface area contributed by atoms with Gasteiger partial charge < -0.3 is 11.1 Å². The second kappa shape index (κ2) is 7.43. The molecule has 1 saturated carbocycles. The first kappa shape index (κ1) is 15.8. The van der Waals surface area contributed by atoms with Crippen LogP contribution in [0.2, 0.25) is 0 Å². The highest BCUT2D eigenvalue weighted by molar-refractivity contribution is 5.95. The van der Waals surface area contributed by atoms with Crippen molar-refractivity contribution in [3.05, 3.63) is 23.4 Å². The van der Waals surface area contributed by atoms with Crippen LogP contribution in [-0.2, 0) is 6.42 Å². The van der Waals surface area contributed by atoms with E-state index < -0.39 is 0 Å². The molecule has 0 aliphatic heterocycles. The van der Waals surface area contributed by atoms with Gasteiger partial charge in [-0.05, 0) is 37.3 Å². The molecule has 116 valence electrons. The van der Waals surface area contributed by atoms with Crippen LogP contribution in [0.1, 0.15) is 68.4 Å². The number of nitrogen functional groups attached to an aromatic ring is 1. The van der Waals surface area contributed by atoms with Crippen LogP contribution in [0.4, 0.5) is 5.82 Å². The van der Waals surface area contributed by atoms with E-state index in [9.17, 15) is 4.79 Å². The highest BCUT2D eigenvalue weighted by Crippen LogP contribution is 2.27. The number of carbonyl (C=O) groups is 1. The maximum absolute atomic E-state index is 12.5. The Labute approximate surface area is 127 Å². The van der Waals surface area contributed by atoms with Crippen molar-refractivity contribution in [3.63, 3.8) is 0 Å². The molecule has 0 radical (unpaired) electrons. The minimum atomic E-state index is -0.00759. The average Bonchev–Trinajstić information content (AvgIpc) is 2.47. The van der Waals surface area contributed by atoms with Gasteiger partial charge in [-0.3, -0.25) is 4.79 Å². The number of hydrogen-bond acceptors (Lipinski definition) is 3. The van der Waals surface area contributed by atoms with Crippen molar-refractivity contribution < 1.29 is 4.79 Å². The monoisotopic (exact) mass is 289 g/mol. The third-order valence-corrected chi connectivity index (χ3v) is 4.42. The van der Waals surface area contributed by atoms with Crippen LogP contribution < -0.4 is 11.1 Å². The number of nitrogens with one attached hydrogen (secondary N) is 1. The predicted octanol–water partition coefficient (Wildman–Crippen LogP) is 3.31.